The molecule has 1 N–H and O–H groups in total. The zero-order valence-electron chi connectivity index (χ0n) is 6.06. The Morgan fingerprint density at radius 1 is 1.58 bits per heavy atom. The Morgan fingerprint density at radius 2 is 2.42 bits per heavy atom. The van der Waals surface area contributed by atoms with E-state index in [4.69, 9.17) is 5.11 Å². The van der Waals surface area contributed by atoms with E-state index in [2.05, 4.69) is 15.0 Å². The van der Waals surface area contributed by atoms with Crippen molar-refractivity contribution in [3.05, 3.63) is 18.2 Å². The molecule has 1 aromatic rings. The summed E-state index contributed by atoms with van der Waals surface area (Å²) in [4.78, 5) is 22.0. The number of carboxylic acid groups (broad SMARTS) is 1. The largest absolute Gasteiger partial charge is 0.477 e. The lowest BCUT2D eigenvalue weighted by molar-refractivity contribution is -0.129. The first-order valence-corrected chi connectivity index (χ1v) is 3.37. The SMILES string of the molecule is O=C(O)C1=Nc2cncnc2C1. The number of hydrogen-bond donors (Lipinski definition) is 1. The van der Waals surface area contributed by atoms with Crippen LogP contribution in [-0.4, -0.2) is 26.8 Å². The van der Waals surface area contributed by atoms with Crippen LogP contribution in [-0.2, 0) is 11.2 Å². The molecule has 5 nitrogen and oxygen atoms in total. The van der Waals surface area contributed by atoms with Gasteiger partial charge < -0.3 is 5.11 Å². The summed E-state index contributed by atoms with van der Waals surface area (Å²) in [5.74, 6) is -0.993. The molecule has 2 heterocycles. The molecule has 2 rings (SSSR count). The van der Waals surface area contributed by atoms with Crippen molar-refractivity contribution in [2.75, 3.05) is 0 Å². The van der Waals surface area contributed by atoms with Gasteiger partial charge in [0.05, 0.1) is 11.9 Å². The molecule has 0 saturated heterocycles. The molecule has 0 bridgehead atoms. The summed E-state index contributed by atoms with van der Waals surface area (Å²) >= 11 is 0. The molecule has 1 aliphatic heterocycles. The second-order valence-electron chi connectivity index (χ2n) is 2.40. The molecule has 0 radical (unpaired) electrons. The second kappa shape index (κ2) is 2.37. The molecular weight excluding hydrogens is 158 g/mol. The lowest BCUT2D eigenvalue weighted by Crippen LogP contribution is -2.12. The van der Waals surface area contributed by atoms with Crippen LogP contribution in [0.2, 0.25) is 0 Å². The highest BCUT2D eigenvalue weighted by Gasteiger charge is 2.20. The summed E-state index contributed by atoms with van der Waals surface area (Å²) in [6, 6.07) is 0. The number of aromatic nitrogens is 2. The number of carbonyl (C=O) groups is 1. The fraction of sp³-hybridized carbons (Fsp3) is 0.143. The summed E-state index contributed by atoms with van der Waals surface area (Å²) in [5, 5.41) is 8.61. The van der Waals surface area contributed by atoms with Crippen molar-refractivity contribution < 1.29 is 9.90 Å². The monoisotopic (exact) mass is 163 g/mol. The summed E-state index contributed by atoms with van der Waals surface area (Å²) in [6.45, 7) is 0. The molecule has 12 heavy (non-hydrogen) atoms. The summed E-state index contributed by atoms with van der Waals surface area (Å²) in [6.07, 6.45) is 3.20. The van der Waals surface area contributed by atoms with Crippen molar-refractivity contribution in [2.45, 2.75) is 6.42 Å². The third kappa shape index (κ3) is 0.952. The van der Waals surface area contributed by atoms with Gasteiger partial charge in [0.15, 0.2) is 0 Å². The molecule has 0 aromatic carbocycles. The summed E-state index contributed by atoms with van der Waals surface area (Å²) in [7, 11) is 0. The first-order chi connectivity index (χ1) is 5.77. The lowest BCUT2D eigenvalue weighted by atomic mass is 10.2. The van der Waals surface area contributed by atoms with Crippen LogP contribution in [0, 0.1) is 0 Å². The first-order valence-electron chi connectivity index (χ1n) is 3.37. The molecule has 5 heteroatoms. The van der Waals surface area contributed by atoms with Crippen molar-refractivity contribution in [2.24, 2.45) is 4.99 Å². The van der Waals surface area contributed by atoms with Crippen LogP contribution < -0.4 is 0 Å². The number of hydrogen-bond acceptors (Lipinski definition) is 4. The van der Waals surface area contributed by atoms with E-state index in [1.165, 1.54) is 12.5 Å². The van der Waals surface area contributed by atoms with Crippen molar-refractivity contribution in [3.63, 3.8) is 0 Å². The summed E-state index contributed by atoms with van der Waals surface area (Å²) in [5.41, 5.74) is 1.38. The van der Waals surface area contributed by atoms with E-state index in [0.29, 0.717) is 17.8 Å². The van der Waals surface area contributed by atoms with Crippen LogP contribution >= 0.6 is 0 Å². The van der Waals surface area contributed by atoms with Gasteiger partial charge in [0.2, 0.25) is 0 Å². The third-order valence-corrected chi connectivity index (χ3v) is 1.61. The smallest absolute Gasteiger partial charge is 0.350 e. The van der Waals surface area contributed by atoms with Crippen molar-refractivity contribution in [1.29, 1.82) is 0 Å². The first kappa shape index (κ1) is 6.90. The lowest BCUT2D eigenvalue weighted by Gasteiger charge is -1.90. The van der Waals surface area contributed by atoms with Crippen LogP contribution in [0.25, 0.3) is 0 Å². The van der Waals surface area contributed by atoms with Gasteiger partial charge in [-0.1, -0.05) is 0 Å². The van der Waals surface area contributed by atoms with Gasteiger partial charge in [0.25, 0.3) is 0 Å². The van der Waals surface area contributed by atoms with E-state index in [1.54, 1.807) is 0 Å². The number of aliphatic carboxylic acids is 1. The molecule has 0 fully saturated rings. The van der Waals surface area contributed by atoms with Crippen molar-refractivity contribution in [3.8, 4) is 0 Å². The summed E-state index contributed by atoms with van der Waals surface area (Å²) < 4.78 is 0. The zero-order valence-corrected chi connectivity index (χ0v) is 6.06. The standard InChI is InChI=1S/C7H5N3O2/c11-7(12)5-1-4-6(10-5)2-8-3-9-4/h2-3H,1H2,(H,11,12). The predicted molar refractivity (Wildman–Crippen MR) is 40.5 cm³/mol. The van der Waals surface area contributed by atoms with Crippen LogP contribution in [0.5, 0.6) is 0 Å². The van der Waals surface area contributed by atoms with Crippen molar-refractivity contribution >= 4 is 17.4 Å². The Bertz CT molecular complexity index is 373. The van der Waals surface area contributed by atoms with Gasteiger partial charge in [-0.3, -0.25) is 0 Å². The van der Waals surface area contributed by atoms with E-state index < -0.39 is 5.97 Å². The molecule has 1 aliphatic rings. The van der Waals surface area contributed by atoms with Gasteiger partial charge >= 0.3 is 5.97 Å². The molecule has 0 unspecified atom stereocenters. The third-order valence-electron chi connectivity index (χ3n) is 1.61. The van der Waals surface area contributed by atoms with E-state index >= 15 is 0 Å². The second-order valence-corrected chi connectivity index (χ2v) is 2.40. The van der Waals surface area contributed by atoms with E-state index in [9.17, 15) is 4.79 Å². The van der Waals surface area contributed by atoms with E-state index in [0.717, 1.165) is 0 Å². The molecule has 0 atom stereocenters. The zero-order chi connectivity index (χ0) is 8.55. The Balaban J connectivity index is 2.41. The number of rotatable bonds is 1. The highest BCUT2D eigenvalue weighted by atomic mass is 16.4. The number of fused-ring (bicyclic) bond motifs is 1. The molecule has 60 valence electrons. The van der Waals surface area contributed by atoms with Crippen LogP contribution in [0.1, 0.15) is 5.69 Å². The molecule has 0 aliphatic carbocycles. The highest BCUT2D eigenvalue weighted by Crippen LogP contribution is 2.22. The molecule has 0 amide bonds. The Hall–Kier alpha value is -1.78. The molecular formula is C7H5N3O2. The average molecular weight is 163 g/mol. The molecule has 0 spiro atoms. The fourth-order valence-corrected chi connectivity index (χ4v) is 1.04. The minimum Gasteiger partial charge on any atom is -0.477 e. The van der Waals surface area contributed by atoms with Gasteiger partial charge in [-0.2, -0.15) is 0 Å². The Labute approximate surface area is 67.8 Å². The van der Waals surface area contributed by atoms with Gasteiger partial charge in [-0.05, 0) is 0 Å². The minimum absolute atomic E-state index is 0.130. The Kier molecular flexibility index (Phi) is 1.36. The van der Waals surface area contributed by atoms with E-state index in [-0.39, 0.29) is 5.71 Å². The topological polar surface area (TPSA) is 75.4 Å². The number of carboxylic acids is 1. The predicted octanol–water partition coefficient (Wildman–Crippen LogP) is 0.190. The van der Waals surface area contributed by atoms with Gasteiger partial charge in [-0.25, -0.2) is 19.8 Å². The minimum atomic E-state index is -0.993. The van der Waals surface area contributed by atoms with Crippen LogP contribution in [0.4, 0.5) is 5.69 Å². The maximum Gasteiger partial charge on any atom is 0.350 e. The quantitative estimate of drug-likeness (QED) is 0.641. The van der Waals surface area contributed by atoms with E-state index in [1.807, 2.05) is 0 Å². The normalized spacial score (nSPS) is 13.8. The maximum absolute atomic E-state index is 10.5. The van der Waals surface area contributed by atoms with Gasteiger partial charge in [0, 0.05) is 6.42 Å². The fourth-order valence-electron chi connectivity index (χ4n) is 1.04. The Morgan fingerprint density at radius 3 is 3.08 bits per heavy atom. The van der Waals surface area contributed by atoms with Gasteiger partial charge in [-0.15, -0.1) is 0 Å². The van der Waals surface area contributed by atoms with Crippen LogP contribution in [0.3, 0.4) is 0 Å². The molecule has 0 saturated carbocycles. The number of nitrogens with zero attached hydrogens (tertiary/aromatic N) is 3. The highest BCUT2D eigenvalue weighted by molar-refractivity contribution is 6.37. The molecule has 1 aromatic heterocycles. The van der Waals surface area contributed by atoms with Crippen LogP contribution in [0.15, 0.2) is 17.5 Å². The average Bonchev–Trinajstić information content (AvgIpc) is 2.46. The number of aliphatic imine (C=N–C) groups is 1. The van der Waals surface area contributed by atoms with Gasteiger partial charge in [0.1, 0.15) is 17.7 Å². The van der Waals surface area contributed by atoms with Crippen molar-refractivity contribution in [1.82, 2.24) is 9.97 Å². The maximum atomic E-state index is 10.5.